The van der Waals surface area contributed by atoms with Crippen LogP contribution in [0.3, 0.4) is 0 Å². The van der Waals surface area contributed by atoms with Gasteiger partial charge < -0.3 is 4.42 Å². The number of sulfonamides is 1. The van der Waals surface area contributed by atoms with E-state index < -0.39 is 15.8 Å². The summed E-state index contributed by atoms with van der Waals surface area (Å²) < 4.78 is 44.3. The van der Waals surface area contributed by atoms with Crippen molar-refractivity contribution in [3.8, 4) is 0 Å². The van der Waals surface area contributed by atoms with Crippen LogP contribution in [0.4, 0.5) is 4.39 Å². The van der Waals surface area contributed by atoms with Gasteiger partial charge in [0.15, 0.2) is 0 Å². The topological polar surface area (TPSA) is 59.3 Å². The number of aryl methyl sites for hydroxylation is 1. The standard InChI is InChI=1S/C12H12FNO3S/c1-9-7-11(4-5-12(9)13)18(15,16)14-8-10-3-2-6-17-10/h2-7,14H,8H2,1H3. The maximum absolute atomic E-state index is 13.1. The Balaban J connectivity index is 2.17. The molecule has 2 aromatic rings. The first-order valence-corrected chi connectivity index (χ1v) is 6.75. The molecule has 0 aliphatic carbocycles. The molecule has 0 spiro atoms. The smallest absolute Gasteiger partial charge is 0.240 e. The van der Waals surface area contributed by atoms with Crippen molar-refractivity contribution < 1.29 is 17.2 Å². The Kier molecular flexibility index (Phi) is 3.49. The lowest BCUT2D eigenvalue weighted by molar-refractivity contribution is 0.498. The maximum atomic E-state index is 13.1. The van der Waals surface area contributed by atoms with Crippen molar-refractivity contribution >= 4 is 10.0 Å². The van der Waals surface area contributed by atoms with Crippen LogP contribution < -0.4 is 4.72 Å². The molecule has 1 aromatic carbocycles. The molecule has 0 bridgehead atoms. The molecule has 1 aromatic heterocycles. The molecule has 4 nitrogen and oxygen atoms in total. The van der Waals surface area contributed by atoms with E-state index in [-0.39, 0.29) is 17.0 Å². The molecule has 0 saturated heterocycles. The maximum Gasteiger partial charge on any atom is 0.240 e. The third kappa shape index (κ3) is 2.77. The number of furan rings is 1. The van der Waals surface area contributed by atoms with Crippen LogP contribution in [0.2, 0.25) is 0 Å². The minimum atomic E-state index is -3.65. The molecule has 18 heavy (non-hydrogen) atoms. The third-order valence-corrected chi connectivity index (χ3v) is 3.86. The normalized spacial score (nSPS) is 11.7. The van der Waals surface area contributed by atoms with Crippen molar-refractivity contribution in [2.45, 2.75) is 18.4 Å². The third-order valence-electron chi connectivity index (χ3n) is 2.46. The van der Waals surface area contributed by atoms with Crippen molar-refractivity contribution in [2.24, 2.45) is 0 Å². The van der Waals surface area contributed by atoms with E-state index in [1.54, 1.807) is 12.1 Å². The lowest BCUT2D eigenvalue weighted by Gasteiger charge is -2.06. The molecule has 1 N–H and O–H groups in total. The summed E-state index contributed by atoms with van der Waals surface area (Å²) in [5, 5.41) is 0. The van der Waals surface area contributed by atoms with Gasteiger partial charge in [0.1, 0.15) is 11.6 Å². The predicted octanol–water partition coefficient (Wildman–Crippen LogP) is 2.21. The second-order valence-corrected chi connectivity index (χ2v) is 5.58. The summed E-state index contributed by atoms with van der Waals surface area (Å²) in [6.07, 6.45) is 1.46. The van der Waals surface area contributed by atoms with Gasteiger partial charge in [-0.3, -0.25) is 0 Å². The van der Waals surface area contributed by atoms with Gasteiger partial charge in [-0.2, -0.15) is 0 Å². The van der Waals surface area contributed by atoms with Gasteiger partial charge in [0.2, 0.25) is 10.0 Å². The Labute approximate surface area is 104 Å². The Morgan fingerprint density at radius 1 is 1.33 bits per heavy atom. The predicted molar refractivity (Wildman–Crippen MR) is 63.9 cm³/mol. The number of hydrogen-bond donors (Lipinski definition) is 1. The molecular weight excluding hydrogens is 257 g/mol. The summed E-state index contributed by atoms with van der Waals surface area (Å²) in [6, 6.07) is 6.99. The fourth-order valence-corrected chi connectivity index (χ4v) is 2.53. The number of hydrogen-bond acceptors (Lipinski definition) is 3. The summed E-state index contributed by atoms with van der Waals surface area (Å²) in [6.45, 7) is 1.58. The summed E-state index contributed by atoms with van der Waals surface area (Å²) in [4.78, 5) is 0.0351. The number of halogens is 1. The minimum absolute atomic E-state index is 0.0351. The Bertz CT molecular complexity index is 635. The molecule has 0 aliphatic rings. The van der Waals surface area contributed by atoms with E-state index >= 15 is 0 Å². The average Bonchev–Trinajstić information content (AvgIpc) is 2.83. The van der Waals surface area contributed by atoms with Gasteiger partial charge >= 0.3 is 0 Å². The molecule has 96 valence electrons. The molecule has 0 aliphatic heterocycles. The largest absolute Gasteiger partial charge is 0.468 e. The summed E-state index contributed by atoms with van der Waals surface area (Å²) in [7, 11) is -3.65. The highest BCUT2D eigenvalue weighted by Gasteiger charge is 2.15. The molecule has 0 unspecified atom stereocenters. The molecular formula is C12H12FNO3S. The molecule has 0 atom stereocenters. The minimum Gasteiger partial charge on any atom is -0.468 e. The Morgan fingerprint density at radius 3 is 2.72 bits per heavy atom. The zero-order valence-corrected chi connectivity index (χ0v) is 10.5. The van der Waals surface area contributed by atoms with Gasteiger partial charge in [0, 0.05) is 0 Å². The van der Waals surface area contributed by atoms with E-state index in [4.69, 9.17) is 4.42 Å². The molecule has 6 heteroatoms. The highest BCUT2D eigenvalue weighted by atomic mass is 32.2. The van der Waals surface area contributed by atoms with Crippen LogP contribution >= 0.6 is 0 Å². The van der Waals surface area contributed by atoms with Gasteiger partial charge in [0.25, 0.3) is 0 Å². The van der Waals surface area contributed by atoms with Crippen LogP contribution in [-0.4, -0.2) is 8.42 Å². The van der Waals surface area contributed by atoms with Crippen LogP contribution in [0.5, 0.6) is 0 Å². The quantitative estimate of drug-likeness (QED) is 0.925. The first kappa shape index (κ1) is 12.8. The molecule has 0 amide bonds. The Morgan fingerprint density at radius 2 is 2.11 bits per heavy atom. The van der Waals surface area contributed by atoms with Crippen LogP contribution in [-0.2, 0) is 16.6 Å². The fraction of sp³-hybridized carbons (Fsp3) is 0.167. The lowest BCUT2D eigenvalue weighted by Crippen LogP contribution is -2.23. The van der Waals surface area contributed by atoms with E-state index in [0.29, 0.717) is 5.76 Å². The van der Waals surface area contributed by atoms with Gasteiger partial charge in [-0.1, -0.05) is 0 Å². The fourth-order valence-electron chi connectivity index (χ4n) is 1.45. The second kappa shape index (κ2) is 4.91. The van der Waals surface area contributed by atoms with E-state index in [2.05, 4.69) is 4.72 Å². The van der Waals surface area contributed by atoms with Crippen molar-refractivity contribution in [1.82, 2.24) is 4.72 Å². The Hall–Kier alpha value is -1.66. The van der Waals surface area contributed by atoms with E-state index in [9.17, 15) is 12.8 Å². The van der Waals surface area contributed by atoms with Gasteiger partial charge in [-0.25, -0.2) is 17.5 Å². The van der Waals surface area contributed by atoms with Crippen LogP contribution in [0.25, 0.3) is 0 Å². The van der Waals surface area contributed by atoms with Gasteiger partial charge in [-0.05, 0) is 42.8 Å². The molecule has 2 rings (SSSR count). The van der Waals surface area contributed by atoms with Crippen LogP contribution in [0.15, 0.2) is 45.9 Å². The van der Waals surface area contributed by atoms with E-state index in [1.165, 1.54) is 25.3 Å². The van der Waals surface area contributed by atoms with Gasteiger partial charge in [-0.15, -0.1) is 0 Å². The van der Waals surface area contributed by atoms with Gasteiger partial charge in [0.05, 0.1) is 17.7 Å². The summed E-state index contributed by atoms with van der Waals surface area (Å²) in [5.74, 6) is 0.0809. The second-order valence-electron chi connectivity index (χ2n) is 3.81. The monoisotopic (exact) mass is 269 g/mol. The first-order valence-electron chi connectivity index (χ1n) is 5.27. The summed E-state index contributed by atoms with van der Waals surface area (Å²) >= 11 is 0. The van der Waals surface area contributed by atoms with E-state index in [0.717, 1.165) is 6.07 Å². The van der Waals surface area contributed by atoms with E-state index in [1.807, 2.05) is 0 Å². The molecule has 0 fully saturated rings. The number of nitrogens with one attached hydrogen (secondary N) is 1. The zero-order chi connectivity index (χ0) is 13.2. The number of benzene rings is 1. The number of rotatable bonds is 4. The zero-order valence-electron chi connectivity index (χ0n) is 9.68. The highest BCUT2D eigenvalue weighted by molar-refractivity contribution is 7.89. The molecule has 0 radical (unpaired) electrons. The lowest BCUT2D eigenvalue weighted by atomic mass is 10.2. The molecule has 0 saturated carbocycles. The summed E-state index contributed by atoms with van der Waals surface area (Å²) in [5.41, 5.74) is 0.288. The average molecular weight is 269 g/mol. The SMILES string of the molecule is Cc1cc(S(=O)(=O)NCc2ccco2)ccc1F. The van der Waals surface area contributed by atoms with Crippen molar-refractivity contribution in [3.63, 3.8) is 0 Å². The van der Waals surface area contributed by atoms with Crippen molar-refractivity contribution in [2.75, 3.05) is 0 Å². The highest BCUT2D eigenvalue weighted by Crippen LogP contribution is 2.14. The van der Waals surface area contributed by atoms with Crippen molar-refractivity contribution in [1.29, 1.82) is 0 Å². The molecule has 1 heterocycles. The van der Waals surface area contributed by atoms with Crippen LogP contribution in [0.1, 0.15) is 11.3 Å². The first-order chi connectivity index (χ1) is 8.49. The van der Waals surface area contributed by atoms with Crippen LogP contribution in [0, 0.1) is 12.7 Å². The van der Waals surface area contributed by atoms with Crippen molar-refractivity contribution in [3.05, 3.63) is 53.7 Å².